The van der Waals surface area contributed by atoms with Crippen molar-refractivity contribution < 1.29 is 14.3 Å². The second-order valence-corrected chi connectivity index (χ2v) is 9.29. The second kappa shape index (κ2) is 10.5. The van der Waals surface area contributed by atoms with Crippen molar-refractivity contribution in [3.63, 3.8) is 0 Å². The third-order valence-electron chi connectivity index (χ3n) is 4.23. The van der Waals surface area contributed by atoms with Crippen LogP contribution in [0.4, 0.5) is 11.4 Å². The van der Waals surface area contributed by atoms with Gasteiger partial charge in [0, 0.05) is 11.4 Å². The Morgan fingerprint density at radius 3 is 2.50 bits per heavy atom. The number of thioether (sulfide) groups is 1. The first-order chi connectivity index (χ1) is 15.6. The highest BCUT2D eigenvalue weighted by molar-refractivity contribution is 8.01. The van der Waals surface area contributed by atoms with Crippen molar-refractivity contribution in [1.29, 1.82) is 0 Å². The zero-order valence-corrected chi connectivity index (χ0v) is 19.1. The zero-order valence-electron chi connectivity index (χ0n) is 16.7. The Hall–Kier alpha value is -3.07. The molecular formula is C23H18ClN3O3S2. The number of thiazole rings is 1. The van der Waals surface area contributed by atoms with E-state index in [1.165, 1.54) is 23.1 Å². The van der Waals surface area contributed by atoms with Gasteiger partial charge in [0.25, 0.3) is 5.91 Å². The summed E-state index contributed by atoms with van der Waals surface area (Å²) in [6.07, 6.45) is 0. The molecule has 4 rings (SSSR count). The number of ether oxygens (including phenoxy) is 1. The maximum atomic E-state index is 12.2. The van der Waals surface area contributed by atoms with Gasteiger partial charge in [0.1, 0.15) is 5.75 Å². The lowest BCUT2D eigenvalue weighted by molar-refractivity contribution is -0.118. The third-order valence-corrected chi connectivity index (χ3v) is 6.71. The van der Waals surface area contributed by atoms with Crippen molar-refractivity contribution in [2.45, 2.75) is 4.34 Å². The highest BCUT2D eigenvalue weighted by atomic mass is 35.5. The van der Waals surface area contributed by atoms with Gasteiger partial charge in [-0.1, -0.05) is 53.7 Å². The molecule has 2 amide bonds. The van der Waals surface area contributed by atoms with Crippen LogP contribution in [0.5, 0.6) is 5.75 Å². The first-order valence-electron chi connectivity index (χ1n) is 9.62. The Kier molecular flexibility index (Phi) is 7.26. The van der Waals surface area contributed by atoms with Crippen molar-refractivity contribution in [2.75, 3.05) is 23.0 Å². The lowest BCUT2D eigenvalue weighted by Gasteiger charge is -2.08. The van der Waals surface area contributed by atoms with Gasteiger partial charge in [0.05, 0.1) is 21.0 Å². The van der Waals surface area contributed by atoms with E-state index in [2.05, 4.69) is 15.6 Å². The first-order valence-corrected chi connectivity index (χ1v) is 11.8. The van der Waals surface area contributed by atoms with E-state index in [0.29, 0.717) is 16.5 Å². The summed E-state index contributed by atoms with van der Waals surface area (Å²) in [5, 5.41) is 6.12. The number of carbonyl (C=O) groups is 2. The molecule has 32 heavy (non-hydrogen) atoms. The minimum absolute atomic E-state index is 0.0908. The van der Waals surface area contributed by atoms with Crippen molar-refractivity contribution in [3.05, 3.63) is 77.8 Å². The van der Waals surface area contributed by atoms with Crippen LogP contribution in [0, 0.1) is 0 Å². The first kappa shape index (κ1) is 22.1. The van der Waals surface area contributed by atoms with Crippen LogP contribution in [0.1, 0.15) is 0 Å². The summed E-state index contributed by atoms with van der Waals surface area (Å²) in [7, 11) is 0. The van der Waals surface area contributed by atoms with Crippen molar-refractivity contribution in [2.24, 2.45) is 0 Å². The summed E-state index contributed by atoms with van der Waals surface area (Å²) >= 11 is 8.88. The van der Waals surface area contributed by atoms with E-state index < -0.39 is 0 Å². The van der Waals surface area contributed by atoms with Crippen LogP contribution in [0.15, 0.2) is 77.1 Å². The van der Waals surface area contributed by atoms with Crippen molar-refractivity contribution >= 4 is 68.1 Å². The summed E-state index contributed by atoms with van der Waals surface area (Å²) < 4.78 is 7.17. The molecule has 0 spiro atoms. The number of benzene rings is 3. The molecule has 0 aliphatic rings. The summed E-state index contributed by atoms with van der Waals surface area (Å²) in [6, 6.07) is 21.8. The van der Waals surface area contributed by atoms with E-state index in [1.54, 1.807) is 30.3 Å². The van der Waals surface area contributed by atoms with Crippen LogP contribution in [0.2, 0.25) is 5.02 Å². The molecule has 9 heteroatoms. The number of nitrogens with zero attached hydrogens (tertiary/aromatic N) is 1. The summed E-state index contributed by atoms with van der Waals surface area (Å²) in [5.41, 5.74) is 2.22. The fraction of sp³-hybridized carbons (Fsp3) is 0.0870. The van der Waals surface area contributed by atoms with Gasteiger partial charge in [-0.2, -0.15) is 0 Å². The Morgan fingerprint density at radius 2 is 1.69 bits per heavy atom. The highest BCUT2D eigenvalue weighted by Gasteiger charge is 2.11. The molecule has 0 radical (unpaired) electrons. The molecule has 0 bridgehead atoms. The van der Waals surface area contributed by atoms with Gasteiger partial charge in [0.2, 0.25) is 5.91 Å². The normalized spacial score (nSPS) is 10.7. The van der Waals surface area contributed by atoms with Gasteiger partial charge in [0.15, 0.2) is 10.9 Å². The fourth-order valence-electron chi connectivity index (χ4n) is 2.79. The second-order valence-electron chi connectivity index (χ2n) is 6.63. The predicted octanol–water partition coefficient (Wildman–Crippen LogP) is 5.70. The number of halogens is 1. The number of nitrogens with one attached hydrogen (secondary N) is 2. The van der Waals surface area contributed by atoms with E-state index >= 15 is 0 Å². The lowest BCUT2D eigenvalue weighted by atomic mass is 10.3. The van der Waals surface area contributed by atoms with Crippen LogP contribution in [-0.2, 0) is 9.59 Å². The van der Waals surface area contributed by atoms with E-state index in [-0.39, 0.29) is 24.2 Å². The molecule has 6 nitrogen and oxygen atoms in total. The minimum Gasteiger partial charge on any atom is -0.482 e. The van der Waals surface area contributed by atoms with Gasteiger partial charge in [-0.25, -0.2) is 4.98 Å². The minimum atomic E-state index is -0.291. The fourth-order valence-corrected chi connectivity index (χ4v) is 4.89. The van der Waals surface area contributed by atoms with Gasteiger partial charge in [-0.15, -0.1) is 11.3 Å². The molecule has 0 saturated carbocycles. The number of carbonyl (C=O) groups excluding carboxylic acids is 2. The summed E-state index contributed by atoms with van der Waals surface area (Å²) in [5.74, 6) is 0.339. The Bertz CT molecular complexity index is 1250. The number of amides is 2. The Morgan fingerprint density at radius 1 is 0.938 bits per heavy atom. The molecule has 0 atom stereocenters. The van der Waals surface area contributed by atoms with Crippen LogP contribution in [0.3, 0.4) is 0 Å². The summed E-state index contributed by atoms with van der Waals surface area (Å²) in [4.78, 5) is 28.9. The molecule has 162 valence electrons. The molecule has 0 saturated heterocycles. The van der Waals surface area contributed by atoms with E-state index in [9.17, 15) is 9.59 Å². The molecule has 1 aromatic heterocycles. The summed E-state index contributed by atoms with van der Waals surface area (Å²) in [6.45, 7) is -0.151. The molecule has 0 aliphatic heterocycles. The van der Waals surface area contributed by atoms with Crippen LogP contribution >= 0.6 is 34.7 Å². The average molecular weight is 484 g/mol. The van der Waals surface area contributed by atoms with Crippen LogP contribution in [-0.4, -0.2) is 29.2 Å². The number of hydrogen-bond donors (Lipinski definition) is 2. The smallest absolute Gasteiger partial charge is 0.262 e. The van der Waals surface area contributed by atoms with Gasteiger partial charge in [-0.3, -0.25) is 9.59 Å². The van der Waals surface area contributed by atoms with E-state index in [1.807, 2.05) is 42.5 Å². The topological polar surface area (TPSA) is 80.3 Å². The molecule has 3 aromatic carbocycles. The molecule has 2 N–H and O–H groups in total. The Balaban J connectivity index is 1.31. The van der Waals surface area contributed by atoms with Gasteiger partial charge < -0.3 is 15.4 Å². The van der Waals surface area contributed by atoms with E-state index in [4.69, 9.17) is 16.3 Å². The molecule has 1 heterocycles. The lowest BCUT2D eigenvalue weighted by Crippen LogP contribution is -2.20. The van der Waals surface area contributed by atoms with Gasteiger partial charge >= 0.3 is 0 Å². The maximum absolute atomic E-state index is 12.2. The largest absolute Gasteiger partial charge is 0.482 e. The van der Waals surface area contributed by atoms with Gasteiger partial charge in [-0.05, 0) is 42.5 Å². The maximum Gasteiger partial charge on any atom is 0.262 e. The number of para-hydroxylation sites is 2. The number of fused-ring (bicyclic) bond motifs is 1. The number of aromatic nitrogens is 1. The molecule has 0 aliphatic carbocycles. The standard InChI is InChI=1S/C23H18ClN3O3S2/c24-17-8-4-5-9-19(17)30-13-21(28)26-16-10-11-18-20(12-16)32-23(27-18)31-14-22(29)25-15-6-2-1-3-7-15/h1-12H,13-14H2,(H,25,29)(H,26,28). The monoisotopic (exact) mass is 483 g/mol. The van der Waals surface area contributed by atoms with Crippen molar-refractivity contribution in [3.8, 4) is 5.75 Å². The molecule has 4 aromatic rings. The predicted molar refractivity (Wildman–Crippen MR) is 131 cm³/mol. The van der Waals surface area contributed by atoms with Crippen LogP contribution < -0.4 is 15.4 Å². The molecule has 0 unspecified atom stereocenters. The number of anilines is 2. The molecule has 0 fully saturated rings. The van der Waals surface area contributed by atoms with E-state index in [0.717, 1.165) is 20.2 Å². The van der Waals surface area contributed by atoms with Crippen LogP contribution in [0.25, 0.3) is 10.2 Å². The zero-order chi connectivity index (χ0) is 22.3. The van der Waals surface area contributed by atoms with Crippen molar-refractivity contribution in [1.82, 2.24) is 4.98 Å². The number of rotatable bonds is 8. The molecular weight excluding hydrogens is 466 g/mol. The third kappa shape index (κ3) is 6.00. The highest BCUT2D eigenvalue weighted by Crippen LogP contribution is 2.31. The quantitative estimate of drug-likeness (QED) is 0.314. The number of hydrogen-bond acceptors (Lipinski definition) is 6. The average Bonchev–Trinajstić information content (AvgIpc) is 3.20. The SMILES string of the molecule is O=C(COc1ccccc1Cl)Nc1ccc2nc(SCC(=O)Nc3ccccc3)sc2c1. The Labute approximate surface area is 198 Å².